The number of amides is 1. The van der Waals surface area contributed by atoms with Crippen LogP contribution in [0.2, 0.25) is 0 Å². The molecule has 0 unspecified atom stereocenters. The quantitative estimate of drug-likeness (QED) is 0.741. The van der Waals surface area contributed by atoms with Gasteiger partial charge in [0.05, 0.1) is 11.4 Å². The van der Waals surface area contributed by atoms with E-state index in [1.165, 1.54) is 0 Å². The van der Waals surface area contributed by atoms with Crippen molar-refractivity contribution < 1.29 is 4.79 Å². The number of aryl methyl sites for hydroxylation is 2. The summed E-state index contributed by atoms with van der Waals surface area (Å²) in [5, 5.41) is 4.50. The van der Waals surface area contributed by atoms with Crippen LogP contribution in [0, 0.1) is 13.8 Å². The molecular weight excluding hydrogens is 350 g/mol. The van der Waals surface area contributed by atoms with Crippen LogP contribution >= 0.6 is 0 Å². The number of anilines is 1. The Labute approximate surface area is 165 Å². The third-order valence-electron chi connectivity index (χ3n) is 5.44. The van der Waals surface area contributed by atoms with Gasteiger partial charge in [-0.1, -0.05) is 12.1 Å². The summed E-state index contributed by atoms with van der Waals surface area (Å²) in [5.41, 5.74) is 12.2. The molecule has 1 amide bonds. The van der Waals surface area contributed by atoms with Gasteiger partial charge in [-0.15, -0.1) is 0 Å². The molecule has 1 aliphatic carbocycles. The van der Waals surface area contributed by atoms with Crippen LogP contribution in [0.5, 0.6) is 0 Å². The van der Waals surface area contributed by atoms with Crippen LogP contribution in [0.25, 0.3) is 11.1 Å². The van der Waals surface area contributed by atoms with Gasteiger partial charge >= 0.3 is 0 Å². The summed E-state index contributed by atoms with van der Waals surface area (Å²) >= 11 is 0. The summed E-state index contributed by atoms with van der Waals surface area (Å²) in [6.07, 6.45) is 5.50. The molecule has 0 saturated heterocycles. The minimum Gasteiger partial charge on any atom is -0.397 e. The molecule has 0 radical (unpaired) electrons. The first-order valence-corrected chi connectivity index (χ1v) is 9.55. The minimum atomic E-state index is 0.0591. The second-order valence-electron chi connectivity index (χ2n) is 7.52. The first kappa shape index (κ1) is 18.2. The van der Waals surface area contributed by atoms with Crippen LogP contribution < -0.4 is 5.73 Å². The fourth-order valence-corrected chi connectivity index (χ4v) is 3.58. The Morgan fingerprint density at radius 3 is 2.64 bits per heavy atom. The van der Waals surface area contributed by atoms with Gasteiger partial charge in [-0.25, -0.2) is 0 Å². The Morgan fingerprint density at radius 1 is 1.21 bits per heavy atom. The van der Waals surface area contributed by atoms with E-state index >= 15 is 0 Å². The zero-order valence-corrected chi connectivity index (χ0v) is 16.5. The zero-order chi connectivity index (χ0) is 19.8. The molecule has 1 fully saturated rings. The standard InChI is InChI=1S/C22H25N5O/c1-14-21(15(2)26(3)25-14)13-27(20-7-8-20)22(28)17-6-4-5-16(9-17)18-10-19(23)12-24-11-18/h4-6,9-12,20H,7-8,13,23H2,1-3H3. The maximum atomic E-state index is 13.4. The molecule has 0 bridgehead atoms. The molecule has 6 heteroatoms. The second-order valence-corrected chi connectivity index (χ2v) is 7.52. The highest BCUT2D eigenvalue weighted by Crippen LogP contribution is 2.31. The van der Waals surface area contributed by atoms with E-state index in [1.807, 2.05) is 53.9 Å². The minimum absolute atomic E-state index is 0.0591. The Bertz CT molecular complexity index is 1040. The van der Waals surface area contributed by atoms with Gasteiger partial charge in [0.25, 0.3) is 5.91 Å². The summed E-state index contributed by atoms with van der Waals surface area (Å²) in [6, 6.07) is 9.88. The largest absolute Gasteiger partial charge is 0.397 e. The molecule has 4 rings (SSSR count). The number of nitrogens with zero attached hydrogens (tertiary/aromatic N) is 4. The van der Waals surface area contributed by atoms with E-state index in [4.69, 9.17) is 5.73 Å². The van der Waals surface area contributed by atoms with Gasteiger partial charge in [-0.3, -0.25) is 14.5 Å². The third kappa shape index (κ3) is 3.50. The van der Waals surface area contributed by atoms with Crippen LogP contribution in [0.15, 0.2) is 42.7 Å². The molecule has 3 aromatic rings. The van der Waals surface area contributed by atoms with Gasteiger partial charge < -0.3 is 10.6 Å². The van der Waals surface area contributed by atoms with Crippen molar-refractivity contribution in [3.63, 3.8) is 0 Å². The Kier molecular flexibility index (Phi) is 4.63. The molecular formula is C22H25N5O. The molecule has 0 atom stereocenters. The highest BCUT2D eigenvalue weighted by molar-refractivity contribution is 5.96. The lowest BCUT2D eigenvalue weighted by atomic mass is 10.0. The smallest absolute Gasteiger partial charge is 0.254 e. The molecule has 1 aliphatic rings. The molecule has 144 valence electrons. The molecule has 0 spiro atoms. The average Bonchev–Trinajstić information content (AvgIpc) is 3.49. The van der Waals surface area contributed by atoms with Crippen molar-refractivity contribution in [3.8, 4) is 11.1 Å². The summed E-state index contributed by atoms with van der Waals surface area (Å²) in [4.78, 5) is 19.5. The molecule has 28 heavy (non-hydrogen) atoms. The number of carbonyl (C=O) groups is 1. The summed E-state index contributed by atoms with van der Waals surface area (Å²) < 4.78 is 1.88. The van der Waals surface area contributed by atoms with Gasteiger partial charge in [0, 0.05) is 54.4 Å². The molecule has 2 heterocycles. The van der Waals surface area contributed by atoms with Crippen molar-refractivity contribution in [1.29, 1.82) is 0 Å². The van der Waals surface area contributed by atoms with Crippen molar-refractivity contribution in [3.05, 3.63) is 65.2 Å². The number of carbonyl (C=O) groups excluding carboxylic acids is 1. The Hall–Kier alpha value is -3.15. The monoisotopic (exact) mass is 375 g/mol. The van der Waals surface area contributed by atoms with Gasteiger partial charge in [0.2, 0.25) is 0 Å². The average molecular weight is 375 g/mol. The lowest BCUT2D eigenvalue weighted by Crippen LogP contribution is -2.33. The highest BCUT2D eigenvalue weighted by atomic mass is 16.2. The van der Waals surface area contributed by atoms with Gasteiger partial charge in [0.15, 0.2) is 0 Å². The second kappa shape index (κ2) is 7.11. The predicted molar refractivity (Wildman–Crippen MR) is 110 cm³/mol. The molecule has 6 nitrogen and oxygen atoms in total. The van der Waals surface area contributed by atoms with E-state index in [-0.39, 0.29) is 5.91 Å². The number of hydrogen-bond acceptors (Lipinski definition) is 4. The fraction of sp³-hybridized carbons (Fsp3) is 0.318. The van der Waals surface area contributed by atoms with E-state index in [0.29, 0.717) is 23.8 Å². The van der Waals surface area contributed by atoms with Crippen molar-refractivity contribution in [2.45, 2.75) is 39.3 Å². The molecule has 0 aliphatic heterocycles. The van der Waals surface area contributed by atoms with E-state index in [2.05, 4.69) is 17.0 Å². The third-order valence-corrected chi connectivity index (χ3v) is 5.44. The van der Waals surface area contributed by atoms with Crippen LogP contribution in [-0.2, 0) is 13.6 Å². The van der Waals surface area contributed by atoms with E-state index in [9.17, 15) is 4.79 Å². The molecule has 1 aromatic carbocycles. The van der Waals surface area contributed by atoms with E-state index < -0.39 is 0 Å². The van der Waals surface area contributed by atoms with Crippen molar-refractivity contribution in [2.75, 3.05) is 5.73 Å². The normalized spacial score (nSPS) is 13.5. The van der Waals surface area contributed by atoms with Crippen molar-refractivity contribution in [2.24, 2.45) is 7.05 Å². The number of aromatic nitrogens is 3. The fourth-order valence-electron chi connectivity index (χ4n) is 3.58. The Balaban J connectivity index is 1.64. The maximum absolute atomic E-state index is 13.4. The van der Waals surface area contributed by atoms with Gasteiger partial charge in [0.1, 0.15) is 0 Å². The SMILES string of the molecule is Cc1nn(C)c(C)c1CN(C(=O)c1cccc(-c2cncc(N)c2)c1)C1CC1. The number of rotatable bonds is 5. The molecule has 2 aromatic heterocycles. The van der Waals surface area contributed by atoms with Gasteiger partial charge in [-0.05, 0) is 50.5 Å². The number of pyridine rings is 1. The number of benzene rings is 1. The molecule has 2 N–H and O–H groups in total. The Morgan fingerprint density at radius 2 is 2.00 bits per heavy atom. The van der Waals surface area contributed by atoms with Crippen molar-refractivity contribution in [1.82, 2.24) is 19.7 Å². The maximum Gasteiger partial charge on any atom is 0.254 e. The van der Waals surface area contributed by atoms with Crippen LogP contribution in [-0.4, -0.2) is 31.6 Å². The van der Waals surface area contributed by atoms with E-state index in [1.54, 1.807) is 12.4 Å². The number of nitrogen functional groups attached to an aromatic ring is 1. The summed E-state index contributed by atoms with van der Waals surface area (Å²) in [5.74, 6) is 0.0591. The van der Waals surface area contributed by atoms with Crippen LogP contribution in [0.4, 0.5) is 5.69 Å². The first-order chi connectivity index (χ1) is 13.4. The summed E-state index contributed by atoms with van der Waals surface area (Å²) in [6.45, 7) is 4.66. The number of hydrogen-bond donors (Lipinski definition) is 1. The first-order valence-electron chi connectivity index (χ1n) is 9.55. The van der Waals surface area contributed by atoms with Gasteiger partial charge in [-0.2, -0.15) is 5.10 Å². The lowest BCUT2D eigenvalue weighted by Gasteiger charge is -2.23. The van der Waals surface area contributed by atoms with Crippen LogP contribution in [0.1, 0.15) is 40.2 Å². The highest BCUT2D eigenvalue weighted by Gasteiger charge is 2.34. The zero-order valence-electron chi connectivity index (χ0n) is 16.5. The topological polar surface area (TPSA) is 77.0 Å². The van der Waals surface area contributed by atoms with E-state index in [0.717, 1.165) is 40.9 Å². The summed E-state index contributed by atoms with van der Waals surface area (Å²) in [7, 11) is 1.94. The number of nitrogens with two attached hydrogens (primary N) is 1. The van der Waals surface area contributed by atoms with Crippen LogP contribution in [0.3, 0.4) is 0 Å². The predicted octanol–water partition coefficient (Wildman–Crippen LogP) is 3.49. The molecule has 1 saturated carbocycles. The lowest BCUT2D eigenvalue weighted by molar-refractivity contribution is 0.0729. The van der Waals surface area contributed by atoms with Crippen molar-refractivity contribution >= 4 is 11.6 Å².